The maximum absolute atomic E-state index is 12.9. The summed E-state index contributed by atoms with van der Waals surface area (Å²) in [5, 5.41) is 5.83. The number of guanidine groups is 1. The van der Waals surface area contributed by atoms with Crippen LogP contribution in [-0.2, 0) is 28.7 Å². The summed E-state index contributed by atoms with van der Waals surface area (Å²) in [5.41, 5.74) is 10.9. The highest BCUT2D eigenvalue weighted by molar-refractivity contribution is 5.87. The normalized spacial score (nSPS) is 12.8. The van der Waals surface area contributed by atoms with Crippen molar-refractivity contribution in [1.29, 1.82) is 0 Å². The van der Waals surface area contributed by atoms with E-state index in [2.05, 4.69) is 43.3 Å². The van der Waals surface area contributed by atoms with Gasteiger partial charge in [-0.05, 0) is 57.8 Å². The molecule has 0 heterocycles. The van der Waals surface area contributed by atoms with E-state index in [0.29, 0.717) is 32.6 Å². The van der Waals surface area contributed by atoms with Crippen LogP contribution < -0.4 is 22.1 Å². The molecule has 0 rings (SSSR count). The molecular formula is C41H79N5O6. The summed E-state index contributed by atoms with van der Waals surface area (Å²) in [6, 6.07) is -0.699. The van der Waals surface area contributed by atoms with Gasteiger partial charge in [-0.2, -0.15) is 0 Å². The second kappa shape index (κ2) is 35.2. The fraction of sp³-hybridized carbons (Fsp3) is 0.878. The first-order valence-corrected chi connectivity index (χ1v) is 21.2. The number of rotatable bonds is 36. The number of aliphatic imine (C=N–C) groups is 1. The van der Waals surface area contributed by atoms with E-state index in [1.54, 1.807) is 0 Å². The molecule has 11 nitrogen and oxygen atoms in total. The van der Waals surface area contributed by atoms with Gasteiger partial charge < -0.3 is 31.6 Å². The third-order valence-electron chi connectivity index (χ3n) is 9.52. The molecule has 2 amide bonds. The van der Waals surface area contributed by atoms with Gasteiger partial charge >= 0.3 is 11.9 Å². The molecule has 0 aromatic heterocycles. The SMILES string of the molecule is CCCCCC(CCC)C(=O)OCCCCCCCCNC(=O)[C@H](CCN=C(N)N)NC(=O)CCCCCCCOC(=O)C(CCC)CCCCC. The molecule has 0 radical (unpaired) electrons. The smallest absolute Gasteiger partial charge is 0.308 e. The van der Waals surface area contributed by atoms with Crippen molar-refractivity contribution in [2.45, 2.75) is 194 Å². The maximum Gasteiger partial charge on any atom is 0.308 e. The molecule has 0 bridgehead atoms. The van der Waals surface area contributed by atoms with E-state index in [0.717, 1.165) is 148 Å². The zero-order valence-electron chi connectivity index (χ0n) is 33.8. The van der Waals surface area contributed by atoms with Gasteiger partial charge in [0.15, 0.2) is 5.96 Å². The molecular weight excluding hydrogens is 658 g/mol. The highest BCUT2D eigenvalue weighted by Gasteiger charge is 2.21. The molecule has 52 heavy (non-hydrogen) atoms. The summed E-state index contributed by atoms with van der Waals surface area (Å²) >= 11 is 0. The Kier molecular flexibility index (Phi) is 33.3. The largest absolute Gasteiger partial charge is 0.465 e. The van der Waals surface area contributed by atoms with Crippen molar-refractivity contribution >= 4 is 29.7 Å². The molecule has 304 valence electrons. The van der Waals surface area contributed by atoms with E-state index in [1.807, 2.05) is 0 Å². The van der Waals surface area contributed by atoms with Crippen molar-refractivity contribution in [3.8, 4) is 0 Å². The molecule has 2 unspecified atom stereocenters. The first-order chi connectivity index (χ1) is 25.2. The topological polar surface area (TPSA) is 175 Å². The van der Waals surface area contributed by atoms with Gasteiger partial charge in [0.2, 0.25) is 11.8 Å². The molecule has 0 aromatic rings. The monoisotopic (exact) mass is 738 g/mol. The van der Waals surface area contributed by atoms with Gasteiger partial charge in [-0.3, -0.25) is 24.2 Å². The van der Waals surface area contributed by atoms with Gasteiger partial charge in [-0.15, -0.1) is 0 Å². The van der Waals surface area contributed by atoms with Crippen LogP contribution in [0.25, 0.3) is 0 Å². The second-order valence-corrected chi connectivity index (χ2v) is 14.4. The molecule has 0 fully saturated rings. The average molecular weight is 738 g/mol. The minimum Gasteiger partial charge on any atom is -0.465 e. The quantitative estimate of drug-likeness (QED) is 0.0216. The van der Waals surface area contributed by atoms with Crippen molar-refractivity contribution < 1.29 is 28.7 Å². The van der Waals surface area contributed by atoms with Gasteiger partial charge in [0.25, 0.3) is 0 Å². The van der Waals surface area contributed by atoms with Crippen molar-refractivity contribution in [3.05, 3.63) is 0 Å². The summed E-state index contributed by atoms with van der Waals surface area (Å²) in [6.45, 7) is 10.3. The number of nitrogens with two attached hydrogens (primary N) is 2. The molecule has 0 saturated carbocycles. The molecule has 0 aliphatic carbocycles. The number of hydrogen-bond acceptors (Lipinski definition) is 7. The molecule has 0 aliphatic heterocycles. The van der Waals surface area contributed by atoms with E-state index >= 15 is 0 Å². The number of carbonyl (C=O) groups excluding carboxylic acids is 4. The van der Waals surface area contributed by atoms with E-state index in [9.17, 15) is 19.2 Å². The highest BCUT2D eigenvalue weighted by atomic mass is 16.5. The lowest BCUT2D eigenvalue weighted by Crippen LogP contribution is -2.47. The first kappa shape index (κ1) is 49.1. The Hall–Kier alpha value is -2.85. The fourth-order valence-electron chi connectivity index (χ4n) is 6.36. The molecule has 0 spiro atoms. The Bertz CT molecular complexity index is 943. The van der Waals surface area contributed by atoms with Crippen LogP contribution in [0.5, 0.6) is 0 Å². The van der Waals surface area contributed by atoms with Crippen LogP contribution in [0, 0.1) is 11.8 Å². The zero-order chi connectivity index (χ0) is 38.7. The summed E-state index contributed by atoms with van der Waals surface area (Å²) in [4.78, 5) is 54.5. The minimum absolute atomic E-state index is 0.0235. The highest BCUT2D eigenvalue weighted by Crippen LogP contribution is 2.19. The number of nitrogens with one attached hydrogen (secondary N) is 2. The van der Waals surface area contributed by atoms with E-state index < -0.39 is 6.04 Å². The number of hydrogen-bond donors (Lipinski definition) is 4. The van der Waals surface area contributed by atoms with Crippen LogP contribution >= 0.6 is 0 Å². The number of nitrogens with zero attached hydrogens (tertiary/aromatic N) is 1. The zero-order valence-corrected chi connectivity index (χ0v) is 33.8. The first-order valence-electron chi connectivity index (χ1n) is 21.2. The number of carbonyl (C=O) groups is 4. The Morgan fingerprint density at radius 2 is 1.04 bits per heavy atom. The lowest BCUT2D eigenvalue weighted by molar-refractivity contribution is -0.150. The lowest BCUT2D eigenvalue weighted by atomic mass is 9.97. The van der Waals surface area contributed by atoms with Gasteiger partial charge in [0, 0.05) is 19.5 Å². The van der Waals surface area contributed by atoms with Crippen molar-refractivity contribution in [1.82, 2.24) is 10.6 Å². The van der Waals surface area contributed by atoms with Crippen LogP contribution in [0.15, 0.2) is 4.99 Å². The van der Waals surface area contributed by atoms with Crippen LogP contribution in [0.3, 0.4) is 0 Å². The fourth-order valence-corrected chi connectivity index (χ4v) is 6.36. The average Bonchev–Trinajstić information content (AvgIpc) is 3.12. The Balaban J connectivity index is 4.25. The van der Waals surface area contributed by atoms with E-state index in [1.165, 1.54) is 0 Å². The molecule has 0 saturated heterocycles. The van der Waals surface area contributed by atoms with Crippen molar-refractivity contribution in [3.63, 3.8) is 0 Å². The standard InChI is InChI=1S/C41H79N5O6/c1-5-9-18-26-34(24-7-3)39(49)51-32-22-16-12-11-15-21-30-44-38(48)36(29-31-45-41(42)43)46-37(47)28-20-14-13-17-23-33-52-40(50)35(25-8-4)27-19-10-6-2/h34-36H,5-33H2,1-4H3,(H,44,48)(H,46,47)(H4,42,43,45)/t34?,35?,36-/m0/s1. The number of esters is 2. The lowest BCUT2D eigenvalue weighted by Gasteiger charge is -2.18. The van der Waals surface area contributed by atoms with E-state index in [4.69, 9.17) is 20.9 Å². The third-order valence-corrected chi connectivity index (χ3v) is 9.52. The van der Waals surface area contributed by atoms with Crippen LogP contribution in [0.4, 0.5) is 0 Å². The van der Waals surface area contributed by atoms with Gasteiger partial charge in [-0.1, -0.05) is 124 Å². The summed E-state index contributed by atoms with van der Waals surface area (Å²) in [7, 11) is 0. The number of unbranched alkanes of at least 4 members (excludes halogenated alkanes) is 13. The summed E-state index contributed by atoms with van der Waals surface area (Å²) in [6.07, 6.45) is 23.3. The van der Waals surface area contributed by atoms with E-state index in [-0.39, 0.29) is 48.1 Å². The van der Waals surface area contributed by atoms with Crippen LogP contribution in [0.2, 0.25) is 0 Å². The molecule has 0 aromatic carbocycles. The maximum atomic E-state index is 12.9. The Morgan fingerprint density at radius 1 is 0.558 bits per heavy atom. The molecule has 3 atom stereocenters. The van der Waals surface area contributed by atoms with Crippen molar-refractivity contribution in [2.24, 2.45) is 28.3 Å². The number of ether oxygens (including phenoxy) is 2. The minimum atomic E-state index is -0.699. The van der Waals surface area contributed by atoms with Crippen LogP contribution in [-0.4, -0.2) is 62.1 Å². The molecule has 6 N–H and O–H groups in total. The van der Waals surface area contributed by atoms with Crippen molar-refractivity contribution in [2.75, 3.05) is 26.3 Å². The number of amides is 2. The second-order valence-electron chi connectivity index (χ2n) is 14.4. The third kappa shape index (κ3) is 28.7. The predicted octanol–water partition coefficient (Wildman–Crippen LogP) is 8.01. The van der Waals surface area contributed by atoms with Gasteiger partial charge in [0.05, 0.1) is 25.0 Å². The summed E-state index contributed by atoms with van der Waals surface area (Å²) < 4.78 is 11.1. The Morgan fingerprint density at radius 3 is 1.52 bits per heavy atom. The van der Waals surface area contributed by atoms with Gasteiger partial charge in [0.1, 0.15) is 6.04 Å². The Labute approximate surface area is 317 Å². The van der Waals surface area contributed by atoms with Crippen LogP contribution in [0.1, 0.15) is 188 Å². The molecule has 11 heteroatoms. The predicted molar refractivity (Wildman–Crippen MR) is 213 cm³/mol. The molecule has 0 aliphatic rings. The van der Waals surface area contributed by atoms with Gasteiger partial charge in [-0.25, -0.2) is 0 Å². The summed E-state index contributed by atoms with van der Waals surface area (Å²) in [5.74, 6) is -0.446.